The number of aromatic nitrogens is 2. The number of hydrogen-bond donors (Lipinski definition) is 1. The minimum absolute atomic E-state index is 0.00469. The zero-order valence-electron chi connectivity index (χ0n) is 18.6. The van der Waals surface area contributed by atoms with Crippen molar-refractivity contribution in [3.05, 3.63) is 69.7 Å². The molecule has 0 saturated carbocycles. The van der Waals surface area contributed by atoms with E-state index in [2.05, 4.69) is 4.98 Å². The molecule has 0 amide bonds. The van der Waals surface area contributed by atoms with E-state index in [1.165, 1.54) is 30.8 Å². The highest BCUT2D eigenvalue weighted by atomic mass is 32.1. The lowest BCUT2D eigenvalue weighted by Crippen LogP contribution is -2.18. The fourth-order valence-electron chi connectivity index (χ4n) is 4.53. The minimum atomic E-state index is -0.580. The van der Waals surface area contributed by atoms with Crippen molar-refractivity contribution >= 4 is 33.2 Å². The molecule has 1 N–H and O–H groups in total. The summed E-state index contributed by atoms with van der Waals surface area (Å²) in [5, 5.41) is 12.7. The monoisotopic (exact) mass is 490 g/mol. The lowest BCUT2D eigenvalue weighted by atomic mass is 9.88. The average Bonchev–Trinajstić information content (AvgIpc) is 3.45. The van der Waals surface area contributed by atoms with Crippen LogP contribution in [0, 0.1) is 0 Å². The Hall–Kier alpha value is -4.31. The fourth-order valence-corrected chi connectivity index (χ4v) is 5.25. The summed E-state index contributed by atoms with van der Waals surface area (Å²) in [5.41, 5.74) is 1.75. The van der Waals surface area contributed by atoms with Crippen LogP contribution in [0.3, 0.4) is 0 Å². The van der Waals surface area contributed by atoms with Crippen molar-refractivity contribution in [1.82, 2.24) is 9.38 Å². The molecule has 0 bridgehead atoms. The summed E-state index contributed by atoms with van der Waals surface area (Å²) in [6.07, 6.45) is 3.16. The van der Waals surface area contributed by atoms with Crippen molar-refractivity contribution in [3.8, 4) is 34.3 Å². The van der Waals surface area contributed by atoms with Gasteiger partial charge in [-0.3, -0.25) is 14.0 Å². The SMILES string of the molecule is COC(=O)C[C@H]1c2c(cc(O)c3c(=O)c(-c4ccc(OC)cc4)coc23)Oc2nc3sccn3c21. The summed E-state index contributed by atoms with van der Waals surface area (Å²) in [4.78, 5) is 31.2. The van der Waals surface area contributed by atoms with Crippen molar-refractivity contribution in [1.29, 1.82) is 0 Å². The quantitative estimate of drug-likeness (QED) is 0.361. The van der Waals surface area contributed by atoms with Gasteiger partial charge in [-0.25, -0.2) is 0 Å². The molecule has 0 spiro atoms. The van der Waals surface area contributed by atoms with E-state index in [0.717, 1.165) is 0 Å². The van der Waals surface area contributed by atoms with Gasteiger partial charge >= 0.3 is 5.97 Å². The number of thiazole rings is 1. The van der Waals surface area contributed by atoms with E-state index >= 15 is 0 Å². The summed E-state index contributed by atoms with van der Waals surface area (Å²) < 4.78 is 24.0. The number of phenolic OH excluding ortho intramolecular Hbond substituents is 1. The summed E-state index contributed by atoms with van der Waals surface area (Å²) in [5.74, 6) is -0.0721. The van der Waals surface area contributed by atoms with E-state index in [-0.39, 0.29) is 34.5 Å². The highest BCUT2D eigenvalue weighted by Gasteiger charge is 2.37. The van der Waals surface area contributed by atoms with Crippen LogP contribution in [-0.2, 0) is 9.53 Å². The molecule has 10 heteroatoms. The maximum absolute atomic E-state index is 13.5. The lowest BCUT2D eigenvalue weighted by molar-refractivity contribution is -0.140. The van der Waals surface area contributed by atoms with Crippen LogP contribution < -0.4 is 14.9 Å². The summed E-state index contributed by atoms with van der Waals surface area (Å²) in [7, 11) is 2.87. The van der Waals surface area contributed by atoms with E-state index in [1.807, 2.05) is 16.0 Å². The molecule has 35 heavy (non-hydrogen) atoms. The van der Waals surface area contributed by atoms with Crippen LogP contribution in [-0.4, -0.2) is 34.7 Å². The zero-order chi connectivity index (χ0) is 24.3. The first-order chi connectivity index (χ1) is 17.0. The van der Waals surface area contributed by atoms with Crippen molar-refractivity contribution in [3.63, 3.8) is 0 Å². The van der Waals surface area contributed by atoms with Crippen LogP contribution in [0.1, 0.15) is 23.6 Å². The molecule has 5 aromatic rings. The number of benzene rings is 2. The molecule has 0 saturated heterocycles. The second-order valence-electron chi connectivity index (χ2n) is 8.01. The van der Waals surface area contributed by atoms with E-state index in [1.54, 1.807) is 31.4 Å². The molecule has 0 fully saturated rings. The number of hydrogen-bond acceptors (Lipinski definition) is 9. The first-order valence-corrected chi connectivity index (χ1v) is 11.5. The van der Waals surface area contributed by atoms with Gasteiger partial charge in [-0.1, -0.05) is 12.1 Å². The third kappa shape index (κ3) is 3.17. The van der Waals surface area contributed by atoms with Crippen LogP contribution in [0.4, 0.5) is 0 Å². The first-order valence-electron chi connectivity index (χ1n) is 10.7. The van der Waals surface area contributed by atoms with Crippen LogP contribution in [0.2, 0.25) is 0 Å². The smallest absolute Gasteiger partial charge is 0.306 e. The number of rotatable bonds is 4. The van der Waals surface area contributed by atoms with E-state index in [4.69, 9.17) is 18.6 Å². The Morgan fingerprint density at radius 3 is 2.80 bits per heavy atom. The molecule has 1 aliphatic heterocycles. The predicted octanol–water partition coefficient (Wildman–Crippen LogP) is 4.68. The van der Waals surface area contributed by atoms with Crippen molar-refractivity contribution < 1.29 is 28.5 Å². The highest BCUT2D eigenvalue weighted by Crippen LogP contribution is 2.50. The lowest BCUT2D eigenvalue weighted by Gasteiger charge is -2.25. The molecule has 3 aromatic heterocycles. The summed E-state index contributed by atoms with van der Waals surface area (Å²) in [6, 6.07) is 8.31. The Kier molecular flexibility index (Phi) is 4.78. The van der Waals surface area contributed by atoms with Crippen LogP contribution in [0.5, 0.6) is 23.1 Å². The molecular weight excluding hydrogens is 472 g/mol. The normalized spacial score (nSPS) is 14.4. The van der Waals surface area contributed by atoms with E-state index in [0.29, 0.717) is 33.4 Å². The maximum Gasteiger partial charge on any atom is 0.306 e. The largest absolute Gasteiger partial charge is 0.507 e. The number of aromatic hydroxyl groups is 1. The number of phenols is 1. The van der Waals surface area contributed by atoms with Gasteiger partial charge < -0.3 is 23.7 Å². The molecule has 6 rings (SSSR count). The number of carbonyl (C=O) groups excluding carboxylic acids is 1. The van der Waals surface area contributed by atoms with Gasteiger partial charge in [0.15, 0.2) is 4.96 Å². The van der Waals surface area contributed by atoms with Gasteiger partial charge in [0.1, 0.15) is 34.5 Å². The topological polar surface area (TPSA) is 112 Å². The number of carbonyl (C=O) groups is 1. The molecule has 176 valence electrons. The molecule has 4 heterocycles. The van der Waals surface area contributed by atoms with Crippen LogP contribution >= 0.6 is 11.3 Å². The number of esters is 1. The van der Waals surface area contributed by atoms with E-state index < -0.39 is 17.3 Å². The third-order valence-electron chi connectivity index (χ3n) is 6.18. The van der Waals surface area contributed by atoms with Gasteiger partial charge in [-0.15, -0.1) is 11.3 Å². The fraction of sp³-hybridized carbons (Fsp3) is 0.160. The van der Waals surface area contributed by atoms with Crippen LogP contribution in [0.15, 0.2) is 57.4 Å². The molecule has 9 nitrogen and oxygen atoms in total. The Labute approximate surface area is 201 Å². The number of nitrogens with zero attached hydrogens (tertiary/aromatic N) is 2. The van der Waals surface area contributed by atoms with Gasteiger partial charge in [0.2, 0.25) is 11.3 Å². The van der Waals surface area contributed by atoms with Gasteiger partial charge in [0.05, 0.1) is 31.9 Å². The van der Waals surface area contributed by atoms with Gasteiger partial charge in [0.25, 0.3) is 0 Å². The maximum atomic E-state index is 13.5. The molecule has 1 atom stereocenters. The van der Waals surface area contributed by atoms with Gasteiger partial charge in [-0.05, 0) is 17.7 Å². The molecule has 0 unspecified atom stereocenters. The minimum Gasteiger partial charge on any atom is -0.507 e. The standard InChI is InChI=1S/C25H18N2O7S/c1-31-13-5-3-12(4-6-13)15-11-33-23-19-14(9-18(29)32-2)21-24(26-25-27(21)7-8-35-25)34-17(19)10-16(28)20(23)22(15)30/h3-8,10-11,14,28H,9H2,1-2H3/t14-/m0/s1. The Balaban J connectivity index is 1.60. The molecule has 0 radical (unpaired) electrons. The Morgan fingerprint density at radius 2 is 2.06 bits per heavy atom. The van der Waals surface area contributed by atoms with Crippen molar-refractivity contribution in [2.45, 2.75) is 12.3 Å². The molecule has 1 aliphatic rings. The number of methoxy groups -OCH3 is 2. The summed E-state index contributed by atoms with van der Waals surface area (Å²) in [6.45, 7) is 0. The van der Waals surface area contributed by atoms with Crippen LogP contribution in [0.25, 0.3) is 27.1 Å². The number of imidazole rings is 1. The predicted molar refractivity (Wildman–Crippen MR) is 128 cm³/mol. The van der Waals surface area contributed by atoms with Crippen molar-refractivity contribution in [2.75, 3.05) is 14.2 Å². The Morgan fingerprint density at radius 1 is 1.26 bits per heavy atom. The number of fused-ring (bicyclic) bond motifs is 6. The second-order valence-corrected chi connectivity index (χ2v) is 8.88. The van der Waals surface area contributed by atoms with Gasteiger partial charge in [0, 0.05) is 29.1 Å². The van der Waals surface area contributed by atoms with Crippen molar-refractivity contribution in [2.24, 2.45) is 0 Å². The van der Waals surface area contributed by atoms with E-state index in [9.17, 15) is 14.7 Å². The molecule has 0 aliphatic carbocycles. The van der Waals surface area contributed by atoms with Gasteiger partial charge in [-0.2, -0.15) is 4.98 Å². The number of ether oxygens (including phenoxy) is 3. The molecule has 2 aromatic carbocycles. The highest BCUT2D eigenvalue weighted by molar-refractivity contribution is 7.15. The first kappa shape index (κ1) is 21.2. The molecular formula is C25H18N2O7S. The second kappa shape index (κ2) is 7.88. The third-order valence-corrected chi connectivity index (χ3v) is 6.93. The Bertz CT molecular complexity index is 1680. The zero-order valence-corrected chi connectivity index (χ0v) is 19.4. The average molecular weight is 490 g/mol. The summed E-state index contributed by atoms with van der Waals surface area (Å²) >= 11 is 1.42.